The lowest BCUT2D eigenvalue weighted by Crippen LogP contribution is -2.35. The molecule has 1 fully saturated rings. The molecule has 0 unspecified atom stereocenters. The van der Waals surface area contributed by atoms with Gasteiger partial charge in [-0.2, -0.15) is 0 Å². The molecule has 0 spiro atoms. The highest BCUT2D eigenvalue weighted by Gasteiger charge is 2.26. The quantitative estimate of drug-likeness (QED) is 0.830. The van der Waals surface area contributed by atoms with Crippen LogP contribution in [-0.4, -0.2) is 56.6 Å². The monoisotopic (exact) mass is 345 g/mol. The molecular formula is C18H27N5O2. The standard InChI is InChI=1S/C18H27N5O2/c1-4-15-17(14(3)25-20-15)18(24)23-9-6-8-21(11-12-23)13-16-19-7-10-22(16)5-2/h7,10H,4-6,8-9,11-13H2,1-3H3. The van der Waals surface area contributed by atoms with Gasteiger partial charge >= 0.3 is 0 Å². The van der Waals surface area contributed by atoms with Crippen LogP contribution in [0.5, 0.6) is 0 Å². The molecule has 2 aromatic heterocycles. The Hall–Kier alpha value is -2.15. The lowest BCUT2D eigenvalue weighted by Gasteiger charge is -2.22. The molecule has 0 aromatic carbocycles. The second-order valence-electron chi connectivity index (χ2n) is 6.47. The van der Waals surface area contributed by atoms with Crippen LogP contribution in [-0.2, 0) is 19.5 Å². The summed E-state index contributed by atoms with van der Waals surface area (Å²) >= 11 is 0. The van der Waals surface area contributed by atoms with E-state index in [0.717, 1.165) is 57.2 Å². The summed E-state index contributed by atoms with van der Waals surface area (Å²) in [4.78, 5) is 21.7. The van der Waals surface area contributed by atoms with E-state index in [1.165, 1.54) is 0 Å². The van der Waals surface area contributed by atoms with Crippen LogP contribution >= 0.6 is 0 Å². The van der Waals surface area contributed by atoms with E-state index in [0.29, 0.717) is 17.7 Å². The Bertz CT molecular complexity index is 721. The Morgan fingerprint density at radius 2 is 2.08 bits per heavy atom. The van der Waals surface area contributed by atoms with Crippen molar-refractivity contribution in [1.82, 2.24) is 24.5 Å². The van der Waals surface area contributed by atoms with Gasteiger partial charge in [-0.3, -0.25) is 9.69 Å². The summed E-state index contributed by atoms with van der Waals surface area (Å²) in [5, 5.41) is 4.01. The van der Waals surface area contributed by atoms with E-state index in [4.69, 9.17) is 4.52 Å². The fourth-order valence-electron chi connectivity index (χ4n) is 3.40. The molecule has 1 aliphatic rings. The van der Waals surface area contributed by atoms with Gasteiger partial charge in [-0.1, -0.05) is 12.1 Å². The van der Waals surface area contributed by atoms with Crippen molar-refractivity contribution in [3.05, 3.63) is 35.2 Å². The predicted octanol–water partition coefficient (Wildman–Crippen LogP) is 2.11. The molecule has 25 heavy (non-hydrogen) atoms. The molecule has 3 rings (SSSR count). The minimum Gasteiger partial charge on any atom is -0.361 e. The highest BCUT2D eigenvalue weighted by Crippen LogP contribution is 2.18. The molecule has 0 bridgehead atoms. The van der Waals surface area contributed by atoms with Gasteiger partial charge in [0.1, 0.15) is 17.1 Å². The average molecular weight is 345 g/mol. The number of aryl methyl sites for hydroxylation is 3. The number of hydrogen-bond acceptors (Lipinski definition) is 5. The number of nitrogens with zero attached hydrogens (tertiary/aromatic N) is 5. The van der Waals surface area contributed by atoms with E-state index in [9.17, 15) is 4.79 Å². The van der Waals surface area contributed by atoms with Crippen LogP contribution in [0, 0.1) is 6.92 Å². The van der Waals surface area contributed by atoms with Gasteiger partial charge in [0, 0.05) is 45.1 Å². The SMILES string of the molecule is CCc1noc(C)c1C(=O)N1CCCN(Cc2nccn2CC)CC1. The maximum absolute atomic E-state index is 12.9. The summed E-state index contributed by atoms with van der Waals surface area (Å²) in [6.45, 7) is 11.0. The summed E-state index contributed by atoms with van der Waals surface area (Å²) in [7, 11) is 0. The van der Waals surface area contributed by atoms with Crippen molar-refractivity contribution in [2.24, 2.45) is 0 Å². The molecule has 3 heterocycles. The Morgan fingerprint density at radius 1 is 1.24 bits per heavy atom. The highest BCUT2D eigenvalue weighted by molar-refractivity contribution is 5.96. The normalized spacial score (nSPS) is 16.2. The molecule has 0 radical (unpaired) electrons. The van der Waals surface area contributed by atoms with Crippen molar-refractivity contribution < 1.29 is 9.32 Å². The lowest BCUT2D eigenvalue weighted by molar-refractivity contribution is 0.0758. The molecule has 7 nitrogen and oxygen atoms in total. The maximum atomic E-state index is 12.9. The Morgan fingerprint density at radius 3 is 2.84 bits per heavy atom. The maximum Gasteiger partial charge on any atom is 0.259 e. The van der Waals surface area contributed by atoms with Gasteiger partial charge in [-0.15, -0.1) is 0 Å². The number of imidazole rings is 1. The first-order chi connectivity index (χ1) is 12.1. The number of carbonyl (C=O) groups excluding carboxylic acids is 1. The fraction of sp³-hybridized carbons (Fsp3) is 0.611. The zero-order valence-corrected chi connectivity index (χ0v) is 15.4. The second-order valence-corrected chi connectivity index (χ2v) is 6.47. The van der Waals surface area contributed by atoms with Gasteiger partial charge in [0.05, 0.1) is 12.2 Å². The number of aromatic nitrogens is 3. The smallest absolute Gasteiger partial charge is 0.259 e. The molecule has 2 aromatic rings. The van der Waals surface area contributed by atoms with E-state index in [2.05, 4.69) is 26.5 Å². The number of rotatable bonds is 5. The van der Waals surface area contributed by atoms with Crippen molar-refractivity contribution in [1.29, 1.82) is 0 Å². The summed E-state index contributed by atoms with van der Waals surface area (Å²) < 4.78 is 7.40. The third kappa shape index (κ3) is 3.76. The van der Waals surface area contributed by atoms with Crippen LogP contribution in [0.1, 0.15) is 47.9 Å². The molecule has 7 heteroatoms. The third-order valence-corrected chi connectivity index (χ3v) is 4.87. The molecule has 0 N–H and O–H groups in total. The second kappa shape index (κ2) is 7.82. The van der Waals surface area contributed by atoms with Gasteiger partial charge in [0.2, 0.25) is 0 Å². The summed E-state index contributed by atoms with van der Waals surface area (Å²) in [6, 6.07) is 0. The van der Waals surface area contributed by atoms with Crippen LogP contribution in [0.2, 0.25) is 0 Å². The molecule has 1 saturated heterocycles. The molecule has 0 saturated carbocycles. The van der Waals surface area contributed by atoms with E-state index in [1.54, 1.807) is 0 Å². The first kappa shape index (κ1) is 17.7. The van der Waals surface area contributed by atoms with Gasteiger partial charge in [0.15, 0.2) is 0 Å². The minimum absolute atomic E-state index is 0.0486. The summed E-state index contributed by atoms with van der Waals surface area (Å²) in [5.41, 5.74) is 1.41. The van der Waals surface area contributed by atoms with Crippen molar-refractivity contribution in [2.45, 2.75) is 46.7 Å². The predicted molar refractivity (Wildman–Crippen MR) is 94.3 cm³/mol. The summed E-state index contributed by atoms with van der Waals surface area (Å²) in [6.07, 6.45) is 5.54. The van der Waals surface area contributed by atoms with Crippen LogP contribution in [0.3, 0.4) is 0 Å². The molecule has 0 aliphatic carbocycles. The molecule has 1 amide bonds. The molecule has 136 valence electrons. The van der Waals surface area contributed by atoms with Gasteiger partial charge in [-0.05, 0) is 26.7 Å². The number of carbonyl (C=O) groups is 1. The zero-order valence-electron chi connectivity index (χ0n) is 15.4. The van der Waals surface area contributed by atoms with E-state index < -0.39 is 0 Å². The van der Waals surface area contributed by atoms with Crippen LogP contribution < -0.4 is 0 Å². The van der Waals surface area contributed by atoms with Crippen molar-refractivity contribution in [3.63, 3.8) is 0 Å². The van der Waals surface area contributed by atoms with Gasteiger partial charge < -0.3 is 14.0 Å². The van der Waals surface area contributed by atoms with Crippen molar-refractivity contribution in [3.8, 4) is 0 Å². The highest BCUT2D eigenvalue weighted by atomic mass is 16.5. The van der Waals surface area contributed by atoms with Crippen molar-refractivity contribution >= 4 is 5.91 Å². The zero-order chi connectivity index (χ0) is 17.8. The Balaban J connectivity index is 1.65. The van der Waals surface area contributed by atoms with E-state index in [-0.39, 0.29) is 5.91 Å². The fourth-order valence-corrected chi connectivity index (χ4v) is 3.40. The Labute approximate surface area is 148 Å². The topological polar surface area (TPSA) is 67.4 Å². The minimum atomic E-state index is 0.0486. The molecular weight excluding hydrogens is 318 g/mol. The largest absolute Gasteiger partial charge is 0.361 e. The average Bonchev–Trinajstić information content (AvgIpc) is 3.14. The first-order valence-electron chi connectivity index (χ1n) is 9.10. The third-order valence-electron chi connectivity index (χ3n) is 4.87. The molecule has 1 aliphatic heterocycles. The van der Waals surface area contributed by atoms with E-state index in [1.807, 2.05) is 31.1 Å². The van der Waals surface area contributed by atoms with Gasteiger partial charge in [0.25, 0.3) is 5.91 Å². The van der Waals surface area contributed by atoms with Crippen molar-refractivity contribution in [2.75, 3.05) is 26.2 Å². The van der Waals surface area contributed by atoms with Crippen LogP contribution in [0.15, 0.2) is 16.9 Å². The Kier molecular flexibility index (Phi) is 5.53. The van der Waals surface area contributed by atoms with Gasteiger partial charge in [-0.25, -0.2) is 4.98 Å². The molecule has 0 atom stereocenters. The number of amides is 1. The van der Waals surface area contributed by atoms with E-state index >= 15 is 0 Å². The lowest BCUT2D eigenvalue weighted by atomic mass is 10.1. The summed E-state index contributed by atoms with van der Waals surface area (Å²) in [5.74, 6) is 1.76. The first-order valence-corrected chi connectivity index (χ1v) is 9.10. The van der Waals surface area contributed by atoms with Crippen LogP contribution in [0.4, 0.5) is 0 Å². The van der Waals surface area contributed by atoms with Crippen LogP contribution in [0.25, 0.3) is 0 Å². The number of hydrogen-bond donors (Lipinski definition) is 0.